The molecular weight excluding hydrogens is 288 g/mol. The van der Waals surface area contributed by atoms with Crippen LogP contribution in [0.15, 0.2) is 24.4 Å². The number of carbonyl (C=O) groups is 1. The largest absolute Gasteiger partial charge is 0.367 e. The summed E-state index contributed by atoms with van der Waals surface area (Å²) < 4.78 is 0. The highest BCUT2D eigenvalue weighted by Crippen LogP contribution is 2.32. The van der Waals surface area contributed by atoms with E-state index in [4.69, 9.17) is 11.6 Å². The molecule has 1 atom stereocenters. The van der Waals surface area contributed by atoms with E-state index >= 15 is 0 Å². The summed E-state index contributed by atoms with van der Waals surface area (Å²) >= 11 is 6.24. The third-order valence-corrected chi connectivity index (χ3v) is 4.71. The maximum Gasteiger partial charge on any atom is 0.320 e. The van der Waals surface area contributed by atoms with E-state index in [1.807, 2.05) is 30.3 Å². The standard InChI is InChI=1S/C15H17ClN4O/c1-18-8-11-9-19(4-5-20(11)15(18)21)14-7-10(16)6-13-12(14)2-3-17-13/h2-3,6-7,11,17H,4-5,8-9H2,1H3. The number of piperazine rings is 1. The van der Waals surface area contributed by atoms with Gasteiger partial charge < -0.3 is 19.7 Å². The number of benzene rings is 1. The molecule has 2 saturated heterocycles. The second kappa shape index (κ2) is 4.56. The molecule has 1 aromatic heterocycles. The molecule has 110 valence electrons. The van der Waals surface area contributed by atoms with Crippen molar-refractivity contribution in [2.24, 2.45) is 0 Å². The minimum absolute atomic E-state index is 0.150. The van der Waals surface area contributed by atoms with Gasteiger partial charge >= 0.3 is 6.03 Å². The third kappa shape index (κ3) is 1.95. The van der Waals surface area contributed by atoms with E-state index < -0.39 is 0 Å². The first-order valence-electron chi connectivity index (χ1n) is 7.17. The van der Waals surface area contributed by atoms with Crippen LogP contribution < -0.4 is 4.90 Å². The highest BCUT2D eigenvalue weighted by Gasteiger charge is 2.39. The quantitative estimate of drug-likeness (QED) is 0.879. The number of urea groups is 1. The van der Waals surface area contributed by atoms with Crippen molar-refractivity contribution in [2.75, 3.05) is 38.1 Å². The van der Waals surface area contributed by atoms with E-state index in [9.17, 15) is 4.79 Å². The fraction of sp³-hybridized carbons (Fsp3) is 0.400. The highest BCUT2D eigenvalue weighted by atomic mass is 35.5. The Hall–Kier alpha value is -1.88. The normalized spacial score (nSPS) is 22.3. The first kappa shape index (κ1) is 12.8. The van der Waals surface area contributed by atoms with Crippen molar-refractivity contribution < 1.29 is 4.79 Å². The van der Waals surface area contributed by atoms with Gasteiger partial charge in [-0.1, -0.05) is 11.6 Å². The number of anilines is 1. The van der Waals surface area contributed by atoms with Gasteiger partial charge in [-0.25, -0.2) is 4.79 Å². The van der Waals surface area contributed by atoms with Crippen molar-refractivity contribution in [1.82, 2.24) is 14.8 Å². The number of fused-ring (bicyclic) bond motifs is 2. The number of aromatic nitrogens is 1. The van der Waals surface area contributed by atoms with Crippen molar-refractivity contribution in [3.63, 3.8) is 0 Å². The molecule has 1 unspecified atom stereocenters. The van der Waals surface area contributed by atoms with Crippen LogP contribution in [0.25, 0.3) is 10.9 Å². The molecule has 1 N–H and O–H groups in total. The van der Waals surface area contributed by atoms with E-state index in [1.165, 1.54) is 5.39 Å². The fourth-order valence-corrected chi connectivity index (χ4v) is 3.68. The number of H-pyrrole nitrogens is 1. The molecule has 0 saturated carbocycles. The SMILES string of the molecule is CN1CC2CN(c3cc(Cl)cc4[nH]ccc34)CCN2C1=O. The van der Waals surface area contributed by atoms with Crippen LogP contribution in [0.4, 0.5) is 10.5 Å². The molecule has 4 rings (SSSR count). The monoisotopic (exact) mass is 304 g/mol. The van der Waals surface area contributed by atoms with Crippen LogP contribution in [0, 0.1) is 0 Å². The van der Waals surface area contributed by atoms with Gasteiger partial charge in [-0.3, -0.25) is 0 Å². The van der Waals surface area contributed by atoms with Crippen LogP contribution in [-0.4, -0.2) is 60.1 Å². The minimum atomic E-state index is 0.150. The number of halogens is 1. The Balaban J connectivity index is 1.68. The average molecular weight is 305 g/mol. The Morgan fingerprint density at radius 2 is 2.14 bits per heavy atom. The Morgan fingerprint density at radius 1 is 1.29 bits per heavy atom. The molecular formula is C15H17ClN4O. The number of aromatic amines is 1. The number of nitrogens with one attached hydrogen (secondary N) is 1. The van der Waals surface area contributed by atoms with E-state index in [2.05, 4.69) is 16.0 Å². The maximum atomic E-state index is 12.0. The molecule has 6 heteroatoms. The number of hydrogen-bond donors (Lipinski definition) is 1. The van der Waals surface area contributed by atoms with Gasteiger partial charge in [0.25, 0.3) is 0 Å². The van der Waals surface area contributed by atoms with Gasteiger partial charge in [-0.2, -0.15) is 0 Å². The number of rotatable bonds is 1. The molecule has 2 aliphatic heterocycles. The molecule has 5 nitrogen and oxygen atoms in total. The summed E-state index contributed by atoms with van der Waals surface area (Å²) in [5, 5.41) is 1.92. The Kier molecular flexibility index (Phi) is 2.79. The van der Waals surface area contributed by atoms with E-state index in [1.54, 1.807) is 4.90 Å². The molecule has 0 spiro atoms. The smallest absolute Gasteiger partial charge is 0.320 e. The van der Waals surface area contributed by atoms with E-state index in [0.717, 1.165) is 42.4 Å². The zero-order chi connectivity index (χ0) is 14.6. The van der Waals surface area contributed by atoms with Crippen LogP contribution >= 0.6 is 11.6 Å². The molecule has 2 fully saturated rings. The zero-order valence-corrected chi connectivity index (χ0v) is 12.6. The Bertz CT molecular complexity index is 713. The molecule has 21 heavy (non-hydrogen) atoms. The summed E-state index contributed by atoms with van der Waals surface area (Å²) in [5.41, 5.74) is 2.21. The van der Waals surface area contributed by atoms with Gasteiger partial charge in [0.1, 0.15) is 0 Å². The van der Waals surface area contributed by atoms with E-state index in [-0.39, 0.29) is 12.1 Å². The van der Waals surface area contributed by atoms with Gasteiger partial charge in [-0.15, -0.1) is 0 Å². The summed E-state index contributed by atoms with van der Waals surface area (Å²) in [5.74, 6) is 0. The van der Waals surface area contributed by atoms with Crippen LogP contribution in [0.3, 0.4) is 0 Å². The number of carbonyl (C=O) groups excluding carboxylic acids is 1. The number of amides is 2. The van der Waals surface area contributed by atoms with Crippen molar-refractivity contribution in [1.29, 1.82) is 0 Å². The highest BCUT2D eigenvalue weighted by molar-refractivity contribution is 6.31. The minimum Gasteiger partial charge on any atom is -0.367 e. The second-order valence-corrected chi connectivity index (χ2v) is 6.26. The zero-order valence-electron chi connectivity index (χ0n) is 11.8. The van der Waals surface area contributed by atoms with Crippen LogP contribution in [0.2, 0.25) is 5.02 Å². The predicted octanol–water partition coefficient (Wildman–Crippen LogP) is 2.38. The number of likely N-dealkylation sites (N-methyl/N-ethyl adjacent to an activating group) is 1. The van der Waals surface area contributed by atoms with Crippen molar-refractivity contribution in [2.45, 2.75) is 6.04 Å². The lowest BCUT2D eigenvalue weighted by atomic mass is 10.1. The molecule has 2 aliphatic rings. The first-order chi connectivity index (χ1) is 10.1. The van der Waals surface area contributed by atoms with E-state index in [0.29, 0.717) is 0 Å². The fourth-order valence-electron chi connectivity index (χ4n) is 3.47. The molecule has 0 aliphatic carbocycles. The predicted molar refractivity (Wildman–Crippen MR) is 84.0 cm³/mol. The van der Waals surface area contributed by atoms with Gasteiger partial charge in [0.2, 0.25) is 0 Å². The average Bonchev–Trinajstić information content (AvgIpc) is 3.03. The van der Waals surface area contributed by atoms with Crippen molar-refractivity contribution in [3.05, 3.63) is 29.4 Å². The van der Waals surface area contributed by atoms with Crippen molar-refractivity contribution >= 4 is 34.2 Å². The van der Waals surface area contributed by atoms with Crippen LogP contribution in [-0.2, 0) is 0 Å². The number of nitrogens with zero attached hydrogens (tertiary/aromatic N) is 3. The summed E-state index contributed by atoms with van der Waals surface area (Å²) in [4.78, 5) is 21.4. The topological polar surface area (TPSA) is 42.6 Å². The third-order valence-electron chi connectivity index (χ3n) is 4.49. The summed E-state index contributed by atoms with van der Waals surface area (Å²) in [6.45, 7) is 3.27. The van der Waals surface area contributed by atoms with Gasteiger partial charge in [0, 0.05) is 61.0 Å². The molecule has 0 bridgehead atoms. The molecule has 2 aromatic rings. The summed E-state index contributed by atoms with van der Waals surface area (Å²) in [6, 6.07) is 6.47. The first-order valence-corrected chi connectivity index (χ1v) is 7.54. The summed E-state index contributed by atoms with van der Waals surface area (Å²) in [6.07, 6.45) is 1.94. The van der Waals surface area contributed by atoms with Gasteiger partial charge in [-0.05, 0) is 18.2 Å². The van der Waals surface area contributed by atoms with Crippen molar-refractivity contribution in [3.8, 4) is 0 Å². The van der Waals surface area contributed by atoms with Gasteiger partial charge in [0.15, 0.2) is 0 Å². The molecule has 3 heterocycles. The van der Waals surface area contributed by atoms with Crippen LogP contribution in [0.1, 0.15) is 0 Å². The second-order valence-electron chi connectivity index (χ2n) is 5.82. The number of hydrogen-bond acceptors (Lipinski definition) is 2. The maximum absolute atomic E-state index is 12.0. The lowest BCUT2D eigenvalue weighted by Gasteiger charge is -2.38. The van der Waals surface area contributed by atoms with Gasteiger partial charge in [0.05, 0.1) is 6.04 Å². The molecule has 0 radical (unpaired) electrons. The lowest BCUT2D eigenvalue weighted by Crippen LogP contribution is -2.52. The molecule has 2 amide bonds. The summed E-state index contributed by atoms with van der Waals surface area (Å²) in [7, 11) is 1.87. The lowest BCUT2D eigenvalue weighted by molar-refractivity contribution is 0.187. The molecule has 1 aromatic carbocycles. The Labute approximate surface area is 128 Å². The van der Waals surface area contributed by atoms with Crippen LogP contribution in [0.5, 0.6) is 0 Å². The Morgan fingerprint density at radius 3 is 3.00 bits per heavy atom.